The van der Waals surface area contributed by atoms with Gasteiger partial charge in [-0.05, 0) is 29.8 Å². The van der Waals surface area contributed by atoms with Gasteiger partial charge in [-0.3, -0.25) is 4.79 Å². The third-order valence-corrected chi connectivity index (χ3v) is 3.90. The summed E-state index contributed by atoms with van der Waals surface area (Å²) in [6.45, 7) is 0.346. The van der Waals surface area contributed by atoms with E-state index in [9.17, 15) is 9.00 Å². The van der Waals surface area contributed by atoms with Gasteiger partial charge in [0, 0.05) is 25.1 Å². The molecule has 2 heterocycles. The molecule has 0 aliphatic heterocycles. The summed E-state index contributed by atoms with van der Waals surface area (Å²) in [5.41, 5.74) is 2.17. The predicted molar refractivity (Wildman–Crippen MR) is 81.8 cm³/mol. The molecule has 1 amide bonds. The van der Waals surface area contributed by atoms with E-state index >= 15 is 0 Å². The molecule has 3 aromatic rings. The Morgan fingerprint density at radius 3 is 2.73 bits per heavy atom. The molecule has 1 atom stereocenters. The molecular weight excluding hydrogens is 302 g/mol. The normalized spacial score (nSPS) is 12.2. The Kier molecular flexibility index (Phi) is 3.99. The van der Waals surface area contributed by atoms with Crippen LogP contribution in [-0.2, 0) is 17.6 Å². The van der Waals surface area contributed by atoms with Gasteiger partial charge in [-0.2, -0.15) is 0 Å². The number of nitrogens with zero attached hydrogens (tertiary/aromatic N) is 2. The van der Waals surface area contributed by atoms with Crippen LogP contribution in [0.2, 0.25) is 0 Å². The number of imidazole rings is 1. The first-order chi connectivity index (χ1) is 10.6. The molecule has 112 valence electrons. The van der Waals surface area contributed by atoms with Crippen molar-refractivity contribution in [2.45, 2.75) is 11.4 Å². The van der Waals surface area contributed by atoms with E-state index in [1.54, 1.807) is 59.4 Å². The molecule has 7 heteroatoms. The zero-order chi connectivity index (χ0) is 15.5. The van der Waals surface area contributed by atoms with Gasteiger partial charge in [-0.1, -0.05) is 12.1 Å². The number of amides is 1. The van der Waals surface area contributed by atoms with Crippen molar-refractivity contribution in [1.29, 1.82) is 0 Å². The van der Waals surface area contributed by atoms with Gasteiger partial charge in [0.15, 0.2) is 11.1 Å². The van der Waals surface area contributed by atoms with Crippen LogP contribution in [0.3, 0.4) is 0 Å². The Labute approximate surface area is 129 Å². The maximum atomic E-state index is 12.1. The molecule has 3 rings (SSSR count). The van der Waals surface area contributed by atoms with Crippen LogP contribution in [0.5, 0.6) is 0 Å². The second-order valence-electron chi connectivity index (χ2n) is 4.69. The summed E-state index contributed by atoms with van der Waals surface area (Å²) in [5, 5.41) is 2.81. The highest BCUT2D eigenvalue weighted by Gasteiger charge is 2.07. The first-order valence-electron chi connectivity index (χ1n) is 6.54. The number of hydrogen-bond acceptors (Lipinski definition) is 3. The smallest absolute Gasteiger partial charge is 0.253 e. The molecule has 0 aliphatic rings. The average molecular weight is 315 g/mol. The van der Waals surface area contributed by atoms with Gasteiger partial charge in [-0.25, -0.2) is 9.19 Å². The van der Waals surface area contributed by atoms with E-state index in [1.807, 2.05) is 0 Å². The number of aromatic nitrogens is 2. The van der Waals surface area contributed by atoms with Crippen molar-refractivity contribution in [3.8, 4) is 0 Å². The van der Waals surface area contributed by atoms with E-state index < -0.39 is 11.1 Å². The summed E-state index contributed by atoms with van der Waals surface area (Å²) >= 11 is -1.99. The second-order valence-corrected chi connectivity index (χ2v) is 5.66. The molecular formula is C15H13N3O3S. The molecule has 2 N–H and O–H groups in total. The minimum absolute atomic E-state index is 0.189. The topological polar surface area (TPSA) is 83.7 Å². The Bertz CT molecular complexity index is 843. The predicted octanol–water partition coefficient (Wildman–Crippen LogP) is 1.84. The number of pyridine rings is 1. The number of carbonyl (C=O) groups excluding carboxylic acids is 1. The van der Waals surface area contributed by atoms with Gasteiger partial charge in [0.05, 0.1) is 10.5 Å². The molecule has 6 nitrogen and oxygen atoms in total. The third-order valence-electron chi connectivity index (χ3n) is 3.23. The number of hydrogen-bond donors (Lipinski definition) is 2. The van der Waals surface area contributed by atoms with Gasteiger partial charge in [0.25, 0.3) is 5.91 Å². The molecule has 0 fully saturated rings. The SMILES string of the molecule is O=C(NCc1ccc(S(=O)O)cc1)c1ccc2nccn2c1. The average Bonchev–Trinajstić information content (AvgIpc) is 3.00. The van der Waals surface area contributed by atoms with E-state index in [4.69, 9.17) is 4.55 Å². The van der Waals surface area contributed by atoms with Gasteiger partial charge in [-0.15, -0.1) is 0 Å². The van der Waals surface area contributed by atoms with E-state index in [1.165, 1.54) is 0 Å². The van der Waals surface area contributed by atoms with Crippen LogP contribution in [0.4, 0.5) is 0 Å². The number of nitrogens with one attached hydrogen (secondary N) is 1. The lowest BCUT2D eigenvalue weighted by molar-refractivity contribution is 0.0950. The van der Waals surface area contributed by atoms with Gasteiger partial charge in [0.2, 0.25) is 0 Å². The number of carbonyl (C=O) groups is 1. The molecule has 1 unspecified atom stereocenters. The first kappa shape index (κ1) is 14.4. The fourth-order valence-electron chi connectivity index (χ4n) is 2.06. The fourth-order valence-corrected chi connectivity index (χ4v) is 2.43. The van der Waals surface area contributed by atoms with Gasteiger partial charge in [0.1, 0.15) is 5.65 Å². The number of benzene rings is 1. The third kappa shape index (κ3) is 3.05. The van der Waals surface area contributed by atoms with Crippen molar-refractivity contribution in [2.24, 2.45) is 0 Å². The van der Waals surface area contributed by atoms with Gasteiger partial charge >= 0.3 is 0 Å². The molecule has 0 saturated heterocycles. The van der Waals surface area contributed by atoms with Crippen molar-refractivity contribution in [3.63, 3.8) is 0 Å². The summed E-state index contributed by atoms with van der Waals surface area (Å²) in [5.74, 6) is -0.189. The zero-order valence-corrected chi connectivity index (χ0v) is 12.3. The zero-order valence-electron chi connectivity index (χ0n) is 11.5. The lowest BCUT2D eigenvalue weighted by atomic mass is 10.2. The fraction of sp³-hybridized carbons (Fsp3) is 0.0667. The Hall–Kier alpha value is -2.51. The van der Waals surface area contributed by atoms with Crippen molar-refractivity contribution < 1.29 is 13.6 Å². The van der Waals surface area contributed by atoms with Crippen LogP contribution < -0.4 is 5.32 Å². The van der Waals surface area contributed by atoms with Crippen molar-refractivity contribution in [3.05, 3.63) is 66.1 Å². The summed E-state index contributed by atoms with van der Waals surface area (Å²) in [7, 11) is 0. The van der Waals surface area contributed by atoms with Gasteiger partial charge < -0.3 is 14.3 Å². The number of fused-ring (bicyclic) bond motifs is 1. The summed E-state index contributed by atoms with van der Waals surface area (Å²) in [4.78, 5) is 16.6. The lowest BCUT2D eigenvalue weighted by Gasteiger charge is -2.06. The van der Waals surface area contributed by atoms with Crippen LogP contribution in [-0.4, -0.2) is 24.1 Å². The largest absolute Gasteiger partial charge is 0.348 e. The molecule has 0 radical (unpaired) electrons. The Morgan fingerprint density at radius 1 is 1.23 bits per heavy atom. The maximum absolute atomic E-state index is 12.1. The summed E-state index contributed by atoms with van der Waals surface area (Å²) < 4.78 is 21.6. The second kappa shape index (κ2) is 6.08. The highest BCUT2D eigenvalue weighted by Crippen LogP contribution is 2.08. The van der Waals surface area contributed by atoms with Crippen molar-refractivity contribution in [2.75, 3.05) is 0 Å². The minimum Gasteiger partial charge on any atom is -0.348 e. The maximum Gasteiger partial charge on any atom is 0.253 e. The van der Waals surface area contributed by atoms with Crippen LogP contribution >= 0.6 is 0 Å². The standard InChI is InChI=1S/C15H13N3O3S/c19-15(12-3-6-14-16-7-8-18(14)10-12)17-9-11-1-4-13(5-2-11)22(20)21/h1-8,10H,9H2,(H,17,19)(H,20,21). The summed E-state index contributed by atoms with van der Waals surface area (Å²) in [6, 6.07) is 10.0. The Balaban J connectivity index is 1.67. The quantitative estimate of drug-likeness (QED) is 0.720. The lowest BCUT2D eigenvalue weighted by Crippen LogP contribution is -2.23. The summed E-state index contributed by atoms with van der Waals surface area (Å²) in [6.07, 6.45) is 5.17. The monoisotopic (exact) mass is 315 g/mol. The van der Waals surface area contributed by atoms with Crippen molar-refractivity contribution >= 4 is 22.6 Å². The molecule has 0 bridgehead atoms. The van der Waals surface area contributed by atoms with E-state index in [-0.39, 0.29) is 5.91 Å². The van der Waals surface area contributed by atoms with E-state index in [2.05, 4.69) is 10.3 Å². The van der Waals surface area contributed by atoms with E-state index in [0.717, 1.165) is 11.2 Å². The highest BCUT2D eigenvalue weighted by molar-refractivity contribution is 7.79. The van der Waals surface area contributed by atoms with Crippen LogP contribution in [0.15, 0.2) is 59.9 Å². The molecule has 1 aromatic carbocycles. The molecule has 0 saturated carbocycles. The molecule has 22 heavy (non-hydrogen) atoms. The van der Waals surface area contributed by atoms with Crippen LogP contribution in [0, 0.1) is 0 Å². The Morgan fingerprint density at radius 2 is 2.00 bits per heavy atom. The van der Waals surface area contributed by atoms with Crippen LogP contribution in [0.25, 0.3) is 5.65 Å². The van der Waals surface area contributed by atoms with Crippen molar-refractivity contribution in [1.82, 2.24) is 14.7 Å². The number of rotatable bonds is 4. The first-order valence-corrected chi connectivity index (χ1v) is 7.65. The minimum atomic E-state index is -1.99. The van der Waals surface area contributed by atoms with Crippen LogP contribution in [0.1, 0.15) is 15.9 Å². The highest BCUT2D eigenvalue weighted by atomic mass is 32.2. The molecule has 0 aliphatic carbocycles. The van der Waals surface area contributed by atoms with E-state index in [0.29, 0.717) is 17.0 Å². The molecule has 2 aromatic heterocycles. The molecule has 0 spiro atoms.